The molecule has 1 aromatic heterocycles. The van der Waals surface area contributed by atoms with Gasteiger partial charge in [-0.3, -0.25) is 9.69 Å². The number of nitrogens with zero attached hydrogens (tertiary/aromatic N) is 4. The number of piperazine rings is 1. The van der Waals surface area contributed by atoms with Crippen molar-refractivity contribution in [3.63, 3.8) is 0 Å². The molecule has 8 nitrogen and oxygen atoms in total. The molecule has 2 aromatic carbocycles. The standard InChI is InChI=1S/C23H26ClN5O3/c1-16-18(12-19(24)13-20(16)25-23-27-26-21(32-23)15-31-2)14-28-8-10-29(11-9-28)22(30)17-6-4-3-5-7-17/h3-7,12-13H,8-11,14-15H2,1-2H3,(H,25,27). The fourth-order valence-electron chi connectivity index (χ4n) is 3.74. The Labute approximate surface area is 192 Å². The first-order valence-corrected chi connectivity index (χ1v) is 10.9. The van der Waals surface area contributed by atoms with Gasteiger partial charge in [0.15, 0.2) is 0 Å². The first-order chi connectivity index (χ1) is 15.5. The second-order valence-corrected chi connectivity index (χ2v) is 8.17. The summed E-state index contributed by atoms with van der Waals surface area (Å²) in [7, 11) is 1.57. The number of nitrogens with one attached hydrogen (secondary N) is 1. The Balaban J connectivity index is 1.39. The second kappa shape index (κ2) is 10.1. The predicted octanol–water partition coefficient (Wildman–Crippen LogP) is 3.88. The average molecular weight is 456 g/mol. The third-order valence-electron chi connectivity index (χ3n) is 5.53. The number of amides is 1. The first kappa shape index (κ1) is 22.3. The fourth-order valence-corrected chi connectivity index (χ4v) is 3.98. The number of hydrogen-bond donors (Lipinski definition) is 1. The molecule has 0 saturated carbocycles. The van der Waals surface area contributed by atoms with Gasteiger partial charge in [-0.05, 0) is 42.3 Å². The van der Waals surface area contributed by atoms with E-state index in [-0.39, 0.29) is 12.5 Å². The van der Waals surface area contributed by atoms with E-state index in [1.165, 1.54) is 0 Å². The summed E-state index contributed by atoms with van der Waals surface area (Å²) in [6.07, 6.45) is 0. The van der Waals surface area contributed by atoms with E-state index < -0.39 is 0 Å². The van der Waals surface area contributed by atoms with Crippen LogP contribution in [0.5, 0.6) is 0 Å². The zero-order valence-electron chi connectivity index (χ0n) is 18.2. The van der Waals surface area contributed by atoms with E-state index in [0.29, 0.717) is 30.0 Å². The average Bonchev–Trinajstić information content (AvgIpc) is 3.24. The van der Waals surface area contributed by atoms with E-state index in [4.69, 9.17) is 20.8 Å². The number of methoxy groups -OCH3 is 1. The van der Waals surface area contributed by atoms with Crippen LogP contribution in [0.25, 0.3) is 0 Å². The quantitative estimate of drug-likeness (QED) is 0.578. The Hall–Kier alpha value is -2.94. The van der Waals surface area contributed by atoms with Gasteiger partial charge in [0.05, 0.1) is 0 Å². The van der Waals surface area contributed by atoms with Crippen LogP contribution >= 0.6 is 11.6 Å². The molecule has 0 radical (unpaired) electrons. The maximum Gasteiger partial charge on any atom is 0.320 e. The summed E-state index contributed by atoms with van der Waals surface area (Å²) in [5, 5.41) is 11.7. The van der Waals surface area contributed by atoms with Gasteiger partial charge in [0.1, 0.15) is 6.61 Å². The number of hydrogen-bond acceptors (Lipinski definition) is 7. The van der Waals surface area contributed by atoms with Crippen molar-refractivity contribution in [1.29, 1.82) is 0 Å². The molecule has 2 heterocycles. The lowest BCUT2D eigenvalue weighted by atomic mass is 10.1. The van der Waals surface area contributed by atoms with Gasteiger partial charge in [0.2, 0.25) is 5.89 Å². The molecule has 0 spiro atoms. The van der Waals surface area contributed by atoms with Crippen LogP contribution in [0.4, 0.5) is 11.7 Å². The molecule has 1 aliphatic heterocycles. The van der Waals surface area contributed by atoms with E-state index in [1.54, 1.807) is 7.11 Å². The molecule has 4 rings (SSSR count). The van der Waals surface area contributed by atoms with Crippen molar-refractivity contribution in [3.05, 3.63) is 70.1 Å². The summed E-state index contributed by atoms with van der Waals surface area (Å²) in [6, 6.07) is 13.5. The highest BCUT2D eigenvalue weighted by molar-refractivity contribution is 6.31. The maximum atomic E-state index is 12.7. The summed E-state index contributed by atoms with van der Waals surface area (Å²) in [4.78, 5) is 16.9. The Kier molecular flexibility index (Phi) is 7.04. The maximum absolute atomic E-state index is 12.7. The largest absolute Gasteiger partial charge is 0.405 e. The van der Waals surface area contributed by atoms with Crippen molar-refractivity contribution in [1.82, 2.24) is 20.0 Å². The molecule has 32 heavy (non-hydrogen) atoms. The number of halogens is 1. The van der Waals surface area contributed by atoms with Crippen molar-refractivity contribution in [2.75, 3.05) is 38.6 Å². The van der Waals surface area contributed by atoms with Crippen LogP contribution in [-0.2, 0) is 17.9 Å². The van der Waals surface area contributed by atoms with E-state index in [9.17, 15) is 4.79 Å². The van der Waals surface area contributed by atoms with Gasteiger partial charge in [0, 0.05) is 56.1 Å². The molecule has 0 unspecified atom stereocenters. The summed E-state index contributed by atoms with van der Waals surface area (Å²) >= 11 is 6.40. The molecular weight excluding hydrogens is 430 g/mol. The fraction of sp³-hybridized carbons (Fsp3) is 0.348. The third-order valence-corrected chi connectivity index (χ3v) is 5.75. The number of rotatable bonds is 7. The van der Waals surface area contributed by atoms with Crippen molar-refractivity contribution < 1.29 is 13.9 Å². The lowest BCUT2D eigenvalue weighted by Gasteiger charge is -2.35. The van der Waals surface area contributed by atoms with E-state index in [2.05, 4.69) is 20.4 Å². The van der Waals surface area contributed by atoms with Gasteiger partial charge in [-0.2, -0.15) is 0 Å². The van der Waals surface area contributed by atoms with Crippen LogP contribution in [-0.4, -0.2) is 59.2 Å². The minimum absolute atomic E-state index is 0.0862. The molecule has 0 aliphatic carbocycles. The molecule has 168 valence electrons. The van der Waals surface area contributed by atoms with E-state index >= 15 is 0 Å². The summed E-state index contributed by atoms with van der Waals surface area (Å²) in [5.41, 5.74) is 3.72. The molecular formula is C23H26ClN5O3. The minimum Gasteiger partial charge on any atom is -0.405 e. The van der Waals surface area contributed by atoms with Gasteiger partial charge < -0.3 is 19.4 Å². The third kappa shape index (κ3) is 5.27. The second-order valence-electron chi connectivity index (χ2n) is 7.73. The summed E-state index contributed by atoms with van der Waals surface area (Å²) in [5.74, 6) is 0.487. The van der Waals surface area contributed by atoms with Crippen LogP contribution in [0.2, 0.25) is 5.02 Å². The van der Waals surface area contributed by atoms with Crippen LogP contribution in [0.3, 0.4) is 0 Å². The molecule has 1 fully saturated rings. The van der Waals surface area contributed by atoms with Gasteiger partial charge >= 0.3 is 6.01 Å². The monoisotopic (exact) mass is 455 g/mol. The highest BCUT2D eigenvalue weighted by Crippen LogP contribution is 2.28. The Bertz CT molecular complexity index is 1060. The molecule has 0 bridgehead atoms. The van der Waals surface area contributed by atoms with Crippen molar-refractivity contribution >= 4 is 29.2 Å². The number of anilines is 2. The molecule has 1 amide bonds. The number of benzene rings is 2. The van der Waals surface area contributed by atoms with E-state index in [1.807, 2.05) is 54.3 Å². The number of ether oxygens (including phenoxy) is 1. The van der Waals surface area contributed by atoms with Crippen molar-refractivity contribution in [3.8, 4) is 0 Å². The normalized spacial score (nSPS) is 14.5. The highest BCUT2D eigenvalue weighted by atomic mass is 35.5. The zero-order chi connectivity index (χ0) is 22.5. The van der Waals surface area contributed by atoms with Gasteiger partial charge in [-0.15, -0.1) is 5.10 Å². The molecule has 1 N–H and O–H groups in total. The van der Waals surface area contributed by atoms with Crippen LogP contribution in [0.1, 0.15) is 27.4 Å². The topological polar surface area (TPSA) is 83.7 Å². The molecule has 1 aliphatic rings. The van der Waals surface area contributed by atoms with Gasteiger partial charge in [-0.1, -0.05) is 34.9 Å². The number of aromatic nitrogens is 2. The number of carbonyl (C=O) groups is 1. The lowest BCUT2D eigenvalue weighted by Crippen LogP contribution is -2.48. The Morgan fingerprint density at radius 3 is 2.62 bits per heavy atom. The zero-order valence-corrected chi connectivity index (χ0v) is 18.9. The van der Waals surface area contributed by atoms with E-state index in [0.717, 1.165) is 42.0 Å². The van der Waals surface area contributed by atoms with Crippen molar-refractivity contribution in [2.45, 2.75) is 20.1 Å². The lowest BCUT2D eigenvalue weighted by molar-refractivity contribution is 0.0628. The first-order valence-electron chi connectivity index (χ1n) is 10.5. The van der Waals surface area contributed by atoms with Gasteiger partial charge in [-0.25, -0.2) is 0 Å². The molecule has 9 heteroatoms. The summed E-state index contributed by atoms with van der Waals surface area (Å²) < 4.78 is 10.5. The molecule has 1 saturated heterocycles. The Morgan fingerprint density at radius 2 is 1.91 bits per heavy atom. The van der Waals surface area contributed by atoms with Gasteiger partial charge in [0.25, 0.3) is 5.91 Å². The number of carbonyl (C=O) groups excluding carboxylic acids is 1. The minimum atomic E-state index is 0.0862. The van der Waals surface area contributed by atoms with Crippen molar-refractivity contribution in [2.24, 2.45) is 0 Å². The molecule has 3 aromatic rings. The summed E-state index contributed by atoms with van der Waals surface area (Å²) in [6.45, 7) is 6.04. The van der Waals surface area contributed by atoms with Crippen LogP contribution < -0.4 is 5.32 Å². The Morgan fingerprint density at radius 1 is 1.16 bits per heavy atom. The smallest absolute Gasteiger partial charge is 0.320 e. The predicted molar refractivity (Wildman–Crippen MR) is 122 cm³/mol. The highest BCUT2D eigenvalue weighted by Gasteiger charge is 2.23. The van der Waals surface area contributed by atoms with Crippen LogP contribution in [0, 0.1) is 6.92 Å². The molecule has 0 atom stereocenters. The van der Waals surface area contributed by atoms with Crippen LogP contribution in [0.15, 0.2) is 46.9 Å². The SMILES string of the molecule is COCc1nnc(Nc2cc(Cl)cc(CN3CCN(C(=O)c4ccccc4)CC3)c2C)o1.